The summed E-state index contributed by atoms with van der Waals surface area (Å²) in [6.45, 7) is -0.511. The predicted molar refractivity (Wildman–Crippen MR) is 110 cm³/mol. The van der Waals surface area contributed by atoms with Crippen LogP contribution >= 0.6 is 0 Å². The van der Waals surface area contributed by atoms with Crippen molar-refractivity contribution in [3.63, 3.8) is 0 Å². The van der Waals surface area contributed by atoms with Crippen LogP contribution < -0.4 is 15.6 Å². The fourth-order valence-corrected chi connectivity index (χ4v) is 2.96. The Morgan fingerprint density at radius 3 is 2.55 bits per heavy atom. The van der Waals surface area contributed by atoms with Gasteiger partial charge in [-0.15, -0.1) is 0 Å². The number of amides is 1. The Bertz CT molecular complexity index is 1150. The number of hydrogen-bond donors (Lipinski definition) is 2. The van der Waals surface area contributed by atoms with E-state index in [2.05, 4.69) is 10.4 Å². The highest BCUT2D eigenvalue weighted by molar-refractivity contribution is 5.83. The first-order chi connectivity index (χ1) is 14.9. The number of benzene rings is 2. The van der Waals surface area contributed by atoms with E-state index in [1.807, 2.05) is 0 Å². The van der Waals surface area contributed by atoms with Gasteiger partial charge in [-0.05, 0) is 23.8 Å². The average molecular weight is 425 g/mol. The second kappa shape index (κ2) is 9.66. The number of rotatable bonds is 8. The molecule has 0 saturated carbocycles. The van der Waals surface area contributed by atoms with Crippen LogP contribution in [0.15, 0.2) is 65.5 Å². The molecule has 1 aromatic heterocycles. The van der Waals surface area contributed by atoms with Crippen LogP contribution in [0.3, 0.4) is 0 Å². The number of aromatic nitrogens is 2. The largest absolute Gasteiger partial charge is 0.497 e. The minimum absolute atomic E-state index is 0.0847. The zero-order valence-electron chi connectivity index (χ0n) is 16.6. The van der Waals surface area contributed by atoms with Gasteiger partial charge in [-0.2, -0.15) is 5.10 Å². The van der Waals surface area contributed by atoms with Crippen molar-refractivity contribution >= 4 is 11.9 Å². The molecule has 2 aromatic carbocycles. The Morgan fingerprint density at radius 2 is 1.90 bits per heavy atom. The van der Waals surface area contributed by atoms with Gasteiger partial charge in [0.25, 0.3) is 5.56 Å². The molecule has 1 heterocycles. The van der Waals surface area contributed by atoms with Gasteiger partial charge in [0.1, 0.15) is 24.2 Å². The smallest absolute Gasteiger partial charge is 0.326 e. The molecule has 0 aliphatic heterocycles. The van der Waals surface area contributed by atoms with E-state index in [-0.39, 0.29) is 17.7 Å². The van der Waals surface area contributed by atoms with Crippen LogP contribution in [0, 0.1) is 5.82 Å². The topological polar surface area (TPSA) is 111 Å². The number of ether oxygens (including phenoxy) is 1. The van der Waals surface area contributed by atoms with Gasteiger partial charge in [0.2, 0.25) is 5.91 Å². The van der Waals surface area contributed by atoms with Crippen LogP contribution in [0.2, 0.25) is 0 Å². The second-order valence-electron chi connectivity index (χ2n) is 6.71. The first-order valence-corrected chi connectivity index (χ1v) is 9.35. The van der Waals surface area contributed by atoms with Crippen molar-refractivity contribution < 1.29 is 23.8 Å². The van der Waals surface area contributed by atoms with Gasteiger partial charge in [0.05, 0.1) is 12.8 Å². The summed E-state index contributed by atoms with van der Waals surface area (Å²) in [4.78, 5) is 36.1. The maximum absolute atomic E-state index is 14.3. The van der Waals surface area contributed by atoms with E-state index in [4.69, 9.17) is 4.74 Å². The molecule has 0 radical (unpaired) electrons. The first kappa shape index (κ1) is 21.7. The third kappa shape index (κ3) is 5.53. The van der Waals surface area contributed by atoms with Gasteiger partial charge in [0.15, 0.2) is 0 Å². The van der Waals surface area contributed by atoms with Gasteiger partial charge < -0.3 is 15.2 Å². The fraction of sp³-hybridized carbons (Fsp3) is 0.182. The average Bonchev–Trinajstić information content (AvgIpc) is 2.75. The van der Waals surface area contributed by atoms with Gasteiger partial charge in [-0.3, -0.25) is 9.59 Å². The number of methoxy groups -OCH3 is 1. The molecule has 0 saturated heterocycles. The number of carboxylic acid groups (broad SMARTS) is 1. The van der Waals surface area contributed by atoms with Crippen LogP contribution in [0.4, 0.5) is 4.39 Å². The minimum atomic E-state index is -1.20. The first-order valence-electron chi connectivity index (χ1n) is 9.35. The SMILES string of the molecule is COc1ccc(-c2ccc(=O)n(CC(=O)NC(Cc3ccccc3)C(=O)O)n2)c(F)c1. The van der Waals surface area contributed by atoms with Crippen molar-refractivity contribution in [2.45, 2.75) is 19.0 Å². The normalized spacial score (nSPS) is 11.5. The number of halogens is 1. The van der Waals surface area contributed by atoms with Crippen molar-refractivity contribution in [2.75, 3.05) is 7.11 Å². The van der Waals surface area contributed by atoms with E-state index in [9.17, 15) is 23.9 Å². The molecule has 0 bridgehead atoms. The fourth-order valence-electron chi connectivity index (χ4n) is 2.96. The van der Waals surface area contributed by atoms with Crippen molar-refractivity contribution in [3.05, 3.63) is 82.4 Å². The molecule has 2 N–H and O–H groups in total. The third-order valence-electron chi connectivity index (χ3n) is 4.53. The molecule has 1 amide bonds. The summed E-state index contributed by atoms with van der Waals surface area (Å²) >= 11 is 0. The van der Waals surface area contributed by atoms with Gasteiger partial charge >= 0.3 is 5.97 Å². The van der Waals surface area contributed by atoms with Gasteiger partial charge in [-0.25, -0.2) is 13.9 Å². The van der Waals surface area contributed by atoms with Crippen LogP contribution in [0.5, 0.6) is 5.75 Å². The molecule has 0 spiro atoms. The number of aliphatic carboxylic acids is 1. The van der Waals surface area contributed by atoms with Crippen molar-refractivity contribution in [3.8, 4) is 17.0 Å². The lowest BCUT2D eigenvalue weighted by atomic mass is 10.1. The summed E-state index contributed by atoms with van der Waals surface area (Å²) in [5, 5.41) is 15.9. The Balaban J connectivity index is 1.77. The molecular formula is C22H20FN3O5. The van der Waals surface area contributed by atoms with E-state index in [0.717, 1.165) is 16.3 Å². The molecule has 0 aliphatic rings. The number of hydrogen-bond acceptors (Lipinski definition) is 5. The highest BCUT2D eigenvalue weighted by Crippen LogP contribution is 2.23. The van der Waals surface area contributed by atoms with Gasteiger partial charge in [-0.1, -0.05) is 30.3 Å². The lowest BCUT2D eigenvalue weighted by Crippen LogP contribution is -2.44. The van der Waals surface area contributed by atoms with E-state index in [1.54, 1.807) is 36.4 Å². The number of nitrogens with one attached hydrogen (secondary N) is 1. The Kier molecular flexibility index (Phi) is 6.76. The molecule has 3 rings (SSSR count). The lowest BCUT2D eigenvalue weighted by Gasteiger charge is -2.15. The third-order valence-corrected chi connectivity index (χ3v) is 4.53. The maximum atomic E-state index is 14.3. The molecule has 160 valence electrons. The standard InChI is InChI=1S/C22H20FN3O5/c1-31-15-7-8-16(17(23)12-15)18-9-10-21(28)26(25-18)13-20(27)24-19(22(29)30)11-14-5-3-2-4-6-14/h2-10,12,19H,11,13H2,1H3,(H,24,27)(H,29,30). The van der Waals surface area contributed by atoms with Crippen molar-refractivity contribution in [1.82, 2.24) is 15.1 Å². The summed E-state index contributed by atoms with van der Waals surface area (Å²) in [5.41, 5.74) is 0.430. The summed E-state index contributed by atoms with van der Waals surface area (Å²) < 4.78 is 20.2. The molecule has 1 unspecified atom stereocenters. The Hall–Kier alpha value is -4.01. The zero-order valence-corrected chi connectivity index (χ0v) is 16.6. The summed E-state index contributed by atoms with van der Waals surface area (Å²) in [5.74, 6) is -2.18. The minimum Gasteiger partial charge on any atom is -0.497 e. The van der Waals surface area contributed by atoms with Crippen molar-refractivity contribution in [1.29, 1.82) is 0 Å². The summed E-state index contributed by atoms with van der Waals surface area (Å²) in [6, 6.07) is 14.3. The molecule has 0 fully saturated rings. The highest BCUT2D eigenvalue weighted by atomic mass is 19.1. The number of carbonyl (C=O) groups excluding carboxylic acids is 1. The zero-order chi connectivity index (χ0) is 22.4. The lowest BCUT2D eigenvalue weighted by molar-refractivity contribution is -0.141. The van der Waals surface area contributed by atoms with E-state index < -0.39 is 35.8 Å². The van der Waals surface area contributed by atoms with Crippen LogP contribution in [0.25, 0.3) is 11.3 Å². The molecule has 31 heavy (non-hydrogen) atoms. The summed E-state index contributed by atoms with van der Waals surface area (Å²) in [6.07, 6.45) is 0.0847. The van der Waals surface area contributed by atoms with E-state index in [0.29, 0.717) is 5.75 Å². The van der Waals surface area contributed by atoms with Gasteiger partial charge in [0, 0.05) is 24.1 Å². The Labute approximate surface area is 176 Å². The van der Waals surface area contributed by atoms with E-state index in [1.165, 1.54) is 25.3 Å². The molecule has 8 nitrogen and oxygen atoms in total. The molecular weight excluding hydrogens is 405 g/mol. The second-order valence-corrected chi connectivity index (χ2v) is 6.71. The quantitative estimate of drug-likeness (QED) is 0.570. The molecule has 3 aromatic rings. The number of carboxylic acids is 1. The van der Waals surface area contributed by atoms with Crippen molar-refractivity contribution in [2.24, 2.45) is 0 Å². The van der Waals surface area contributed by atoms with Crippen LogP contribution in [-0.2, 0) is 22.6 Å². The summed E-state index contributed by atoms with van der Waals surface area (Å²) in [7, 11) is 1.41. The van der Waals surface area contributed by atoms with Crippen LogP contribution in [0.1, 0.15) is 5.56 Å². The maximum Gasteiger partial charge on any atom is 0.326 e. The number of carbonyl (C=O) groups is 2. The number of nitrogens with zero attached hydrogens (tertiary/aromatic N) is 2. The molecule has 1 atom stereocenters. The predicted octanol–water partition coefficient (Wildman–Crippen LogP) is 1.87. The highest BCUT2D eigenvalue weighted by Gasteiger charge is 2.21. The molecule has 0 aliphatic carbocycles. The van der Waals surface area contributed by atoms with Crippen LogP contribution in [-0.4, -0.2) is 39.9 Å². The van der Waals surface area contributed by atoms with E-state index >= 15 is 0 Å². The monoisotopic (exact) mass is 425 g/mol. The Morgan fingerprint density at radius 1 is 1.16 bits per heavy atom. The molecule has 9 heteroatoms.